The Labute approximate surface area is 63.3 Å². The molecule has 0 atom stereocenters. The van der Waals surface area contributed by atoms with E-state index in [2.05, 4.69) is 12.9 Å². The average Bonchev–Trinajstić information content (AvgIpc) is 2.36. The number of rotatable bonds is 0. The van der Waals surface area contributed by atoms with Gasteiger partial charge in [0.2, 0.25) is 0 Å². The van der Waals surface area contributed by atoms with Crippen LogP contribution in [-0.2, 0) is 0 Å². The maximum absolute atomic E-state index is 5.59. The molecule has 0 fully saturated rings. The van der Waals surface area contributed by atoms with Crippen molar-refractivity contribution >= 4 is 31.8 Å². The molecule has 0 radical (unpaired) electrons. The Morgan fingerprint density at radius 2 is 2.30 bits per heavy atom. The molecule has 0 bridgehead atoms. The number of fused-ring (bicyclic) bond motifs is 1. The van der Waals surface area contributed by atoms with Crippen molar-refractivity contribution in [2.24, 2.45) is 0 Å². The Morgan fingerprint density at radius 1 is 1.40 bits per heavy atom. The Kier molecular flexibility index (Phi) is 1.19. The van der Waals surface area contributed by atoms with Crippen LogP contribution >= 0.6 is 0 Å². The summed E-state index contributed by atoms with van der Waals surface area (Å²) >= 11 is -0.0230. The van der Waals surface area contributed by atoms with Gasteiger partial charge in [0.15, 0.2) is 0 Å². The molecule has 2 N–H and O–H groups in total. The van der Waals surface area contributed by atoms with Crippen molar-refractivity contribution in [2.45, 2.75) is 0 Å². The van der Waals surface area contributed by atoms with Gasteiger partial charge in [-0.25, -0.2) is 0 Å². The van der Waals surface area contributed by atoms with E-state index in [0.29, 0.717) is 11.3 Å². The van der Waals surface area contributed by atoms with Crippen LogP contribution in [-0.4, -0.2) is 27.9 Å². The summed E-state index contributed by atoms with van der Waals surface area (Å²) in [5.74, 6) is 0. The number of aromatic nitrogens is 3. The van der Waals surface area contributed by atoms with Gasteiger partial charge in [-0.15, -0.1) is 0 Å². The molecule has 0 saturated carbocycles. The van der Waals surface area contributed by atoms with E-state index in [4.69, 9.17) is 5.73 Å². The molecule has 10 heavy (non-hydrogen) atoms. The van der Waals surface area contributed by atoms with E-state index >= 15 is 0 Å². The number of pyridine rings is 1. The van der Waals surface area contributed by atoms with Gasteiger partial charge in [0.1, 0.15) is 0 Å². The van der Waals surface area contributed by atoms with Crippen molar-refractivity contribution in [1.29, 1.82) is 0 Å². The van der Waals surface area contributed by atoms with Crippen molar-refractivity contribution in [3.8, 4) is 0 Å². The van der Waals surface area contributed by atoms with Crippen molar-refractivity contribution in [3.63, 3.8) is 0 Å². The number of anilines is 1. The van der Waals surface area contributed by atoms with Gasteiger partial charge in [-0.05, 0) is 0 Å². The third-order valence-corrected chi connectivity index (χ3v) is 2.28. The minimum atomic E-state index is -0.0230. The normalized spacial score (nSPS) is 10.4. The van der Waals surface area contributed by atoms with Gasteiger partial charge >= 0.3 is 62.8 Å². The van der Waals surface area contributed by atoms with Crippen molar-refractivity contribution < 1.29 is 0 Å². The van der Waals surface area contributed by atoms with Crippen LogP contribution in [0.1, 0.15) is 0 Å². The Morgan fingerprint density at radius 3 is 3.10 bits per heavy atom. The zero-order valence-corrected chi connectivity index (χ0v) is 6.70. The first-order valence-electron chi connectivity index (χ1n) is 2.70. The number of nitrogens with two attached hydrogens (primary N) is 1. The third-order valence-electron chi connectivity index (χ3n) is 1.20. The SMILES string of the molecule is Nc1ccnc2n[se]nc12. The van der Waals surface area contributed by atoms with Crippen molar-refractivity contribution in [3.05, 3.63) is 12.3 Å². The number of hydrogen-bond acceptors (Lipinski definition) is 4. The van der Waals surface area contributed by atoms with E-state index in [1.807, 2.05) is 0 Å². The maximum atomic E-state index is 5.59. The van der Waals surface area contributed by atoms with Gasteiger partial charge in [-0.3, -0.25) is 0 Å². The van der Waals surface area contributed by atoms with Gasteiger partial charge in [-0.2, -0.15) is 0 Å². The van der Waals surface area contributed by atoms with Crippen LogP contribution in [0, 0.1) is 0 Å². The van der Waals surface area contributed by atoms with E-state index in [1.54, 1.807) is 12.3 Å². The van der Waals surface area contributed by atoms with E-state index < -0.39 is 0 Å². The van der Waals surface area contributed by atoms with Gasteiger partial charge in [0.05, 0.1) is 0 Å². The molecule has 2 rings (SSSR count). The molecule has 50 valence electrons. The molecule has 0 saturated heterocycles. The quantitative estimate of drug-likeness (QED) is 0.589. The average molecular weight is 199 g/mol. The van der Waals surface area contributed by atoms with Crippen LogP contribution in [0.2, 0.25) is 0 Å². The molecule has 2 aromatic rings. The van der Waals surface area contributed by atoms with Gasteiger partial charge in [0, 0.05) is 0 Å². The molecule has 0 amide bonds. The van der Waals surface area contributed by atoms with E-state index in [9.17, 15) is 0 Å². The summed E-state index contributed by atoms with van der Waals surface area (Å²) in [6, 6.07) is 1.74. The molecular weight excluding hydrogens is 195 g/mol. The van der Waals surface area contributed by atoms with Crippen LogP contribution in [0.25, 0.3) is 11.2 Å². The number of nitrogens with zero attached hydrogens (tertiary/aromatic N) is 3. The summed E-state index contributed by atoms with van der Waals surface area (Å²) in [6.07, 6.45) is 1.65. The Bertz CT molecular complexity index is 355. The molecular formula is C5H4N4Se. The molecule has 5 heteroatoms. The summed E-state index contributed by atoms with van der Waals surface area (Å²) in [7, 11) is 0. The van der Waals surface area contributed by atoms with Gasteiger partial charge in [0.25, 0.3) is 0 Å². The molecule has 2 aromatic heterocycles. The van der Waals surface area contributed by atoms with Gasteiger partial charge < -0.3 is 0 Å². The van der Waals surface area contributed by atoms with Crippen LogP contribution in [0.5, 0.6) is 0 Å². The monoisotopic (exact) mass is 200 g/mol. The van der Waals surface area contributed by atoms with Crippen LogP contribution < -0.4 is 5.73 Å². The number of hydrogen-bond donors (Lipinski definition) is 1. The summed E-state index contributed by atoms with van der Waals surface area (Å²) in [4.78, 5) is 4.00. The molecule has 0 aliphatic heterocycles. The third kappa shape index (κ3) is 0.716. The molecule has 4 nitrogen and oxygen atoms in total. The van der Waals surface area contributed by atoms with Crippen LogP contribution in [0.15, 0.2) is 12.3 Å². The second-order valence-electron chi connectivity index (χ2n) is 1.84. The fraction of sp³-hybridized carbons (Fsp3) is 0. The predicted molar refractivity (Wildman–Crippen MR) is 38.7 cm³/mol. The molecule has 2 heterocycles. The fourth-order valence-electron chi connectivity index (χ4n) is 0.718. The Balaban J connectivity index is 2.95. The topological polar surface area (TPSA) is 64.7 Å². The second kappa shape index (κ2) is 2.04. The van der Waals surface area contributed by atoms with E-state index in [0.717, 1.165) is 5.52 Å². The minimum absolute atomic E-state index is 0.0230. The van der Waals surface area contributed by atoms with Crippen molar-refractivity contribution in [1.82, 2.24) is 12.9 Å². The molecule has 0 aliphatic rings. The summed E-state index contributed by atoms with van der Waals surface area (Å²) in [6.45, 7) is 0. The molecule has 0 aromatic carbocycles. The van der Waals surface area contributed by atoms with Crippen LogP contribution in [0.4, 0.5) is 5.69 Å². The van der Waals surface area contributed by atoms with Crippen molar-refractivity contribution in [2.75, 3.05) is 5.73 Å². The van der Waals surface area contributed by atoms with Gasteiger partial charge in [-0.1, -0.05) is 0 Å². The van der Waals surface area contributed by atoms with E-state index in [-0.39, 0.29) is 15.0 Å². The summed E-state index contributed by atoms with van der Waals surface area (Å²) < 4.78 is 8.17. The first kappa shape index (κ1) is 5.82. The molecule has 0 aliphatic carbocycles. The first-order chi connectivity index (χ1) is 4.88. The second-order valence-corrected chi connectivity index (χ2v) is 2.95. The molecule has 0 spiro atoms. The zero-order valence-electron chi connectivity index (χ0n) is 4.98. The number of nitrogen functional groups attached to an aromatic ring is 1. The Hall–Kier alpha value is -0.931. The van der Waals surface area contributed by atoms with E-state index in [1.165, 1.54) is 0 Å². The molecule has 0 unspecified atom stereocenters. The fourth-order valence-corrected chi connectivity index (χ4v) is 1.81. The first-order valence-corrected chi connectivity index (χ1v) is 4.24. The standard InChI is InChI=1S/C5H4N4Se/c6-3-1-2-7-5-4(3)8-10-9-5/h1-2H,6H2. The van der Waals surface area contributed by atoms with Crippen LogP contribution in [0.3, 0.4) is 0 Å². The summed E-state index contributed by atoms with van der Waals surface area (Å²) in [5, 5.41) is 0. The summed E-state index contributed by atoms with van der Waals surface area (Å²) in [5.41, 5.74) is 7.72. The predicted octanol–water partition coefficient (Wildman–Crippen LogP) is -0.336. The zero-order chi connectivity index (χ0) is 6.97.